The molecule has 2 atom stereocenters. The highest BCUT2D eigenvalue weighted by Gasteiger charge is 2.32. The van der Waals surface area contributed by atoms with E-state index in [0.717, 1.165) is 27.5 Å². The highest BCUT2D eigenvalue weighted by atomic mass is 19.1. The summed E-state index contributed by atoms with van der Waals surface area (Å²) in [4.78, 5) is 25.8. The first-order valence-corrected chi connectivity index (χ1v) is 14.5. The number of ether oxygens (including phenoxy) is 1. The van der Waals surface area contributed by atoms with Gasteiger partial charge in [0.25, 0.3) is 5.56 Å². The smallest absolute Gasteiger partial charge is 0.274 e. The minimum Gasteiger partial charge on any atom is -0.389 e. The second-order valence-corrected chi connectivity index (χ2v) is 11.9. The number of H-pyrrole nitrogens is 1. The van der Waals surface area contributed by atoms with Crippen LogP contribution in [0, 0.1) is 5.82 Å². The highest BCUT2D eigenvalue weighted by Crippen LogP contribution is 2.39. The standard InChI is InChI=1S/C33H32FN7O3/c1-33(2,43)18-41-16-21(15-37-41)31-38-26-9-6-20(25-17-40(3)32(42)29-23(25)10-11-35-29)14-24(26)28(39-31)30-27(36-12-13-44-30)19-4-7-22(34)8-5-19/h4-11,14-17,27,30,35-36,43H,12-13,18H2,1-3H3/t27?,30-/m0/s1. The number of rotatable bonds is 6. The maximum absolute atomic E-state index is 13.9. The van der Waals surface area contributed by atoms with Gasteiger partial charge in [-0.25, -0.2) is 14.4 Å². The normalized spacial score (nSPS) is 17.5. The summed E-state index contributed by atoms with van der Waals surface area (Å²) in [6.45, 7) is 4.87. The van der Waals surface area contributed by atoms with Crippen LogP contribution in [0.3, 0.4) is 0 Å². The van der Waals surface area contributed by atoms with E-state index < -0.39 is 11.7 Å². The van der Waals surface area contributed by atoms with Gasteiger partial charge in [-0.1, -0.05) is 18.2 Å². The summed E-state index contributed by atoms with van der Waals surface area (Å²) in [6.07, 6.45) is 6.61. The first kappa shape index (κ1) is 28.1. The molecule has 10 nitrogen and oxygen atoms in total. The van der Waals surface area contributed by atoms with Crippen LogP contribution in [-0.2, 0) is 18.3 Å². The van der Waals surface area contributed by atoms with Crippen LogP contribution in [0.4, 0.5) is 4.39 Å². The quantitative estimate of drug-likeness (QED) is 0.257. The van der Waals surface area contributed by atoms with Gasteiger partial charge >= 0.3 is 0 Å². The van der Waals surface area contributed by atoms with Gasteiger partial charge in [0.1, 0.15) is 17.4 Å². The van der Waals surface area contributed by atoms with Gasteiger partial charge in [-0.3, -0.25) is 9.48 Å². The molecule has 6 aromatic rings. The molecule has 1 unspecified atom stereocenters. The number of halogens is 1. The first-order chi connectivity index (χ1) is 21.1. The van der Waals surface area contributed by atoms with Crippen molar-refractivity contribution in [1.29, 1.82) is 0 Å². The Morgan fingerprint density at radius 1 is 1.07 bits per heavy atom. The molecule has 5 heterocycles. The monoisotopic (exact) mass is 593 g/mol. The van der Waals surface area contributed by atoms with Crippen LogP contribution >= 0.6 is 0 Å². The number of hydrogen-bond donors (Lipinski definition) is 3. The summed E-state index contributed by atoms with van der Waals surface area (Å²) in [6, 6.07) is 14.0. The molecule has 0 saturated carbocycles. The van der Waals surface area contributed by atoms with Crippen LogP contribution < -0.4 is 10.9 Å². The molecule has 7 rings (SSSR count). The topological polar surface area (TPSA) is 123 Å². The molecule has 4 aromatic heterocycles. The maximum atomic E-state index is 13.9. The molecule has 3 N–H and O–H groups in total. The largest absolute Gasteiger partial charge is 0.389 e. The second-order valence-electron chi connectivity index (χ2n) is 11.9. The molecule has 1 aliphatic rings. The zero-order valence-electron chi connectivity index (χ0n) is 24.6. The summed E-state index contributed by atoms with van der Waals surface area (Å²) in [5.74, 6) is 0.169. The number of aryl methyl sites for hydroxylation is 1. The van der Waals surface area contributed by atoms with Crippen molar-refractivity contribution >= 4 is 21.8 Å². The number of aliphatic hydroxyl groups is 1. The predicted octanol–water partition coefficient (Wildman–Crippen LogP) is 4.65. The molecule has 0 spiro atoms. The Bertz CT molecular complexity index is 2060. The van der Waals surface area contributed by atoms with Crippen LogP contribution in [0.1, 0.15) is 37.3 Å². The van der Waals surface area contributed by atoms with Gasteiger partial charge in [-0.2, -0.15) is 5.10 Å². The third-order valence-electron chi connectivity index (χ3n) is 7.94. The van der Waals surface area contributed by atoms with E-state index in [4.69, 9.17) is 14.7 Å². The number of pyridine rings is 1. The number of nitrogens with one attached hydrogen (secondary N) is 2. The number of morpholine rings is 1. The number of benzene rings is 2. The van der Waals surface area contributed by atoms with Crippen molar-refractivity contribution in [2.45, 2.75) is 38.1 Å². The van der Waals surface area contributed by atoms with Gasteiger partial charge in [0.15, 0.2) is 5.82 Å². The van der Waals surface area contributed by atoms with Gasteiger partial charge in [0.2, 0.25) is 0 Å². The van der Waals surface area contributed by atoms with Crippen molar-refractivity contribution in [3.63, 3.8) is 0 Å². The van der Waals surface area contributed by atoms with E-state index in [1.54, 1.807) is 54.7 Å². The van der Waals surface area contributed by atoms with Crippen molar-refractivity contribution < 1.29 is 14.2 Å². The van der Waals surface area contributed by atoms with Crippen molar-refractivity contribution in [2.24, 2.45) is 7.05 Å². The van der Waals surface area contributed by atoms with Crippen LogP contribution in [0.5, 0.6) is 0 Å². The lowest BCUT2D eigenvalue weighted by Gasteiger charge is -2.33. The average molecular weight is 594 g/mol. The molecule has 11 heteroatoms. The molecule has 0 radical (unpaired) electrons. The van der Waals surface area contributed by atoms with E-state index in [9.17, 15) is 14.3 Å². The minimum atomic E-state index is -0.940. The highest BCUT2D eigenvalue weighted by molar-refractivity contribution is 5.97. The molecule has 44 heavy (non-hydrogen) atoms. The molecule has 0 aliphatic carbocycles. The SMILES string of the molecule is Cn1cc(-c2ccc3nc(-c4cnn(CC(C)(C)O)c4)nc([C@H]4OCCNC4c4ccc(F)cc4)c3c2)c2cc[nH]c2c1=O. The Morgan fingerprint density at radius 2 is 1.89 bits per heavy atom. The number of nitrogens with zero attached hydrogens (tertiary/aromatic N) is 5. The van der Waals surface area contributed by atoms with Gasteiger partial charge in [-0.15, -0.1) is 0 Å². The van der Waals surface area contributed by atoms with Crippen LogP contribution in [0.15, 0.2) is 78.1 Å². The number of aromatic amines is 1. The summed E-state index contributed by atoms with van der Waals surface area (Å²) in [7, 11) is 1.74. The minimum absolute atomic E-state index is 0.0999. The fourth-order valence-electron chi connectivity index (χ4n) is 5.93. The van der Waals surface area contributed by atoms with E-state index >= 15 is 0 Å². The Labute approximate surface area is 252 Å². The lowest BCUT2D eigenvalue weighted by Crippen LogP contribution is -2.37. The number of hydrogen-bond acceptors (Lipinski definition) is 7. The third-order valence-corrected chi connectivity index (χ3v) is 7.94. The van der Waals surface area contributed by atoms with Crippen molar-refractivity contribution in [3.05, 3.63) is 101 Å². The summed E-state index contributed by atoms with van der Waals surface area (Å²) < 4.78 is 23.5. The van der Waals surface area contributed by atoms with Gasteiger partial charge < -0.3 is 24.7 Å². The van der Waals surface area contributed by atoms with Gasteiger partial charge in [0.05, 0.1) is 47.8 Å². The predicted molar refractivity (Wildman–Crippen MR) is 165 cm³/mol. The molecular weight excluding hydrogens is 561 g/mol. The Balaban J connectivity index is 1.42. The second kappa shape index (κ2) is 10.8. The van der Waals surface area contributed by atoms with E-state index in [1.807, 2.05) is 36.7 Å². The molecule has 224 valence electrons. The number of fused-ring (bicyclic) bond motifs is 2. The van der Waals surface area contributed by atoms with Crippen molar-refractivity contribution in [2.75, 3.05) is 13.2 Å². The Morgan fingerprint density at radius 3 is 2.68 bits per heavy atom. The lowest BCUT2D eigenvalue weighted by atomic mass is 9.94. The summed E-state index contributed by atoms with van der Waals surface area (Å²) in [5, 5.41) is 19.9. The first-order valence-electron chi connectivity index (χ1n) is 14.5. The van der Waals surface area contributed by atoms with Crippen molar-refractivity contribution in [1.82, 2.24) is 34.6 Å². The van der Waals surface area contributed by atoms with Crippen LogP contribution in [0.25, 0.3) is 44.3 Å². The van der Waals surface area contributed by atoms with Crippen molar-refractivity contribution in [3.8, 4) is 22.5 Å². The van der Waals surface area contributed by atoms with E-state index in [2.05, 4.69) is 15.4 Å². The Hall–Kier alpha value is -4.71. The van der Waals surface area contributed by atoms with Gasteiger partial charge in [0, 0.05) is 48.5 Å². The Kier molecular flexibility index (Phi) is 6.88. The molecule has 1 fully saturated rings. The summed E-state index contributed by atoms with van der Waals surface area (Å²) in [5.41, 5.74) is 4.27. The van der Waals surface area contributed by atoms with E-state index in [-0.39, 0.29) is 17.4 Å². The van der Waals surface area contributed by atoms with Gasteiger partial charge in [-0.05, 0) is 55.3 Å². The fraction of sp³-hybridized carbons (Fsp3) is 0.273. The zero-order valence-corrected chi connectivity index (χ0v) is 24.6. The third kappa shape index (κ3) is 5.19. The average Bonchev–Trinajstić information content (AvgIpc) is 3.68. The molecule has 0 amide bonds. The molecule has 1 saturated heterocycles. The zero-order chi connectivity index (χ0) is 30.6. The fourth-order valence-corrected chi connectivity index (χ4v) is 5.93. The summed E-state index contributed by atoms with van der Waals surface area (Å²) >= 11 is 0. The molecule has 1 aliphatic heterocycles. The maximum Gasteiger partial charge on any atom is 0.274 e. The lowest BCUT2D eigenvalue weighted by molar-refractivity contribution is -0.00794. The van der Waals surface area contributed by atoms with Crippen LogP contribution in [-0.4, -0.2) is 53.2 Å². The molecular formula is C33H32FN7O3. The van der Waals surface area contributed by atoms with E-state index in [1.165, 1.54) is 12.1 Å². The van der Waals surface area contributed by atoms with Crippen LogP contribution in [0.2, 0.25) is 0 Å². The molecule has 0 bridgehead atoms. The van der Waals surface area contributed by atoms with E-state index in [0.29, 0.717) is 47.8 Å². The molecule has 2 aromatic carbocycles. The number of aromatic nitrogens is 6.